The first-order valence-corrected chi connectivity index (χ1v) is 7.75. The van der Waals surface area contributed by atoms with Crippen LogP contribution in [0.5, 0.6) is 0 Å². The highest BCUT2D eigenvalue weighted by Crippen LogP contribution is 2.31. The minimum Gasteiger partial charge on any atom is -0.462 e. The fraction of sp³-hybridized carbons (Fsp3) is 0.417. The molecule has 0 N–H and O–H groups in total. The Balaban J connectivity index is 2.69. The number of benzene rings is 1. The van der Waals surface area contributed by atoms with E-state index in [9.17, 15) is 4.79 Å². The molecule has 0 spiro atoms. The van der Waals surface area contributed by atoms with E-state index in [1.165, 1.54) is 0 Å². The monoisotopic (exact) mass is 426 g/mol. The predicted molar refractivity (Wildman–Crippen MR) is 79.3 cm³/mol. The summed E-state index contributed by atoms with van der Waals surface area (Å²) in [5.74, 6) is -0.296. The lowest BCUT2D eigenvalue weighted by atomic mass is 10.2. The number of esters is 1. The average molecular weight is 429 g/mol. The van der Waals surface area contributed by atoms with Crippen molar-refractivity contribution in [3.63, 3.8) is 0 Å². The highest BCUT2D eigenvalue weighted by Gasteiger charge is 2.14. The summed E-state index contributed by atoms with van der Waals surface area (Å²) in [6, 6.07) is 3.62. The van der Waals surface area contributed by atoms with Crippen molar-refractivity contribution in [1.29, 1.82) is 0 Å². The summed E-state index contributed by atoms with van der Waals surface area (Å²) >= 11 is 10.1. The molecule has 0 radical (unpaired) electrons. The quantitative estimate of drug-likeness (QED) is 0.360. The van der Waals surface area contributed by atoms with Gasteiger partial charge in [0.15, 0.2) is 0 Å². The summed E-state index contributed by atoms with van der Waals surface area (Å²) in [5, 5.41) is 0. The van der Waals surface area contributed by atoms with E-state index in [-0.39, 0.29) is 5.97 Å². The molecule has 0 fully saturated rings. The Kier molecular flexibility index (Phi) is 6.74. The van der Waals surface area contributed by atoms with E-state index < -0.39 is 0 Å². The second-order valence-electron chi connectivity index (χ2n) is 3.59. The zero-order valence-corrected chi connectivity index (χ0v) is 14.2. The maximum absolute atomic E-state index is 11.8. The van der Waals surface area contributed by atoms with Crippen LogP contribution in [-0.4, -0.2) is 12.6 Å². The van der Waals surface area contributed by atoms with E-state index in [2.05, 4.69) is 54.7 Å². The Morgan fingerprint density at radius 1 is 1.24 bits per heavy atom. The van der Waals surface area contributed by atoms with Crippen molar-refractivity contribution < 1.29 is 9.53 Å². The van der Waals surface area contributed by atoms with Crippen LogP contribution in [0.1, 0.15) is 36.5 Å². The lowest BCUT2D eigenvalue weighted by Crippen LogP contribution is -2.07. The van der Waals surface area contributed by atoms with E-state index in [0.717, 1.165) is 32.7 Å². The van der Waals surface area contributed by atoms with Gasteiger partial charge in [-0.3, -0.25) is 0 Å². The molecule has 0 atom stereocenters. The van der Waals surface area contributed by atoms with Crippen LogP contribution >= 0.6 is 47.8 Å². The van der Waals surface area contributed by atoms with Crippen LogP contribution < -0.4 is 0 Å². The normalized spacial score (nSPS) is 10.4. The van der Waals surface area contributed by atoms with Gasteiger partial charge in [-0.15, -0.1) is 0 Å². The second kappa shape index (κ2) is 7.54. The Morgan fingerprint density at radius 2 is 1.94 bits per heavy atom. The molecule has 0 heterocycles. The minimum atomic E-state index is -0.296. The molecule has 1 rings (SSSR count). The van der Waals surface area contributed by atoms with Crippen LogP contribution in [0.4, 0.5) is 0 Å². The third-order valence-electron chi connectivity index (χ3n) is 2.19. The summed E-state index contributed by atoms with van der Waals surface area (Å²) < 4.78 is 7.60. The average Bonchev–Trinajstić information content (AvgIpc) is 2.29. The minimum absolute atomic E-state index is 0.296. The molecule has 0 aliphatic heterocycles. The van der Waals surface area contributed by atoms with Gasteiger partial charge in [0.05, 0.1) is 12.2 Å². The first kappa shape index (κ1) is 15.2. The highest BCUT2D eigenvalue weighted by molar-refractivity contribution is 9.13. The number of rotatable bonds is 5. The summed E-state index contributed by atoms with van der Waals surface area (Å²) in [6.45, 7) is 2.59. The molecule has 0 saturated carbocycles. The van der Waals surface area contributed by atoms with Gasteiger partial charge in [0.25, 0.3) is 0 Å². The molecular formula is C12H13Br3O2. The molecule has 94 valence electrons. The first-order valence-electron chi connectivity index (χ1n) is 5.38. The Morgan fingerprint density at radius 3 is 2.59 bits per heavy atom. The summed E-state index contributed by atoms with van der Waals surface area (Å²) in [7, 11) is 0. The maximum atomic E-state index is 11.8. The summed E-state index contributed by atoms with van der Waals surface area (Å²) in [4.78, 5) is 11.8. The first-order chi connectivity index (χ1) is 8.06. The topological polar surface area (TPSA) is 26.3 Å². The molecule has 0 bridgehead atoms. The number of carbonyl (C=O) groups is 1. The van der Waals surface area contributed by atoms with Gasteiger partial charge in [-0.2, -0.15) is 0 Å². The Hall–Kier alpha value is 0.130. The predicted octanol–water partition coefficient (Wildman–Crippen LogP) is 5.32. The molecule has 1 aromatic carbocycles. The van der Waals surface area contributed by atoms with Crippen molar-refractivity contribution in [3.05, 3.63) is 31.1 Å². The van der Waals surface area contributed by atoms with Crippen LogP contribution in [-0.2, 0) is 4.74 Å². The molecule has 2 nitrogen and oxygen atoms in total. The molecule has 0 aliphatic rings. The smallest absolute Gasteiger partial charge is 0.339 e. The van der Waals surface area contributed by atoms with Crippen LogP contribution in [0.2, 0.25) is 0 Å². The molecule has 5 heteroatoms. The van der Waals surface area contributed by atoms with Crippen molar-refractivity contribution in [2.45, 2.75) is 26.2 Å². The summed E-state index contributed by atoms with van der Waals surface area (Å²) in [6.07, 6.45) is 3.11. The van der Waals surface area contributed by atoms with Crippen molar-refractivity contribution in [3.8, 4) is 0 Å². The molecular weight excluding hydrogens is 416 g/mol. The second-order valence-corrected chi connectivity index (χ2v) is 6.16. The SMILES string of the molecule is CCCCCOC(=O)c1cc(Br)cc(Br)c1Br. The van der Waals surface area contributed by atoms with Crippen LogP contribution in [0.15, 0.2) is 25.6 Å². The number of carbonyl (C=O) groups excluding carboxylic acids is 1. The lowest BCUT2D eigenvalue weighted by molar-refractivity contribution is 0.0497. The zero-order chi connectivity index (χ0) is 12.8. The van der Waals surface area contributed by atoms with Gasteiger partial charge >= 0.3 is 5.97 Å². The van der Waals surface area contributed by atoms with Gasteiger partial charge < -0.3 is 4.74 Å². The lowest BCUT2D eigenvalue weighted by Gasteiger charge is -2.08. The Labute approximate surface area is 126 Å². The van der Waals surface area contributed by atoms with E-state index in [1.807, 2.05) is 6.07 Å². The number of unbranched alkanes of at least 4 members (excludes halogenated alkanes) is 2. The Bertz CT molecular complexity index is 405. The summed E-state index contributed by atoms with van der Waals surface area (Å²) in [5.41, 5.74) is 0.530. The number of ether oxygens (including phenoxy) is 1. The van der Waals surface area contributed by atoms with Gasteiger partial charge in [0, 0.05) is 13.4 Å². The van der Waals surface area contributed by atoms with E-state index >= 15 is 0 Å². The molecule has 0 aliphatic carbocycles. The third kappa shape index (κ3) is 4.72. The highest BCUT2D eigenvalue weighted by atomic mass is 79.9. The van der Waals surface area contributed by atoms with Crippen molar-refractivity contribution in [2.75, 3.05) is 6.61 Å². The third-order valence-corrected chi connectivity index (χ3v) is 4.66. The standard InChI is InChI=1S/C12H13Br3O2/c1-2-3-4-5-17-12(16)9-6-8(13)7-10(14)11(9)15/h6-7H,2-5H2,1H3. The van der Waals surface area contributed by atoms with Gasteiger partial charge in [0.2, 0.25) is 0 Å². The van der Waals surface area contributed by atoms with Crippen LogP contribution in [0.25, 0.3) is 0 Å². The molecule has 0 aromatic heterocycles. The molecule has 0 saturated heterocycles. The number of hydrogen-bond donors (Lipinski definition) is 0. The molecule has 0 unspecified atom stereocenters. The number of hydrogen-bond acceptors (Lipinski definition) is 2. The fourth-order valence-electron chi connectivity index (χ4n) is 1.30. The molecule has 0 amide bonds. The molecule has 17 heavy (non-hydrogen) atoms. The number of halogens is 3. The van der Waals surface area contributed by atoms with Crippen molar-refractivity contribution in [2.24, 2.45) is 0 Å². The maximum Gasteiger partial charge on any atom is 0.339 e. The van der Waals surface area contributed by atoms with Crippen LogP contribution in [0, 0.1) is 0 Å². The fourth-order valence-corrected chi connectivity index (χ4v) is 2.92. The molecule has 1 aromatic rings. The van der Waals surface area contributed by atoms with Crippen LogP contribution in [0.3, 0.4) is 0 Å². The van der Waals surface area contributed by atoms with E-state index in [0.29, 0.717) is 12.2 Å². The van der Waals surface area contributed by atoms with Gasteiger partial charge in [0.1, 0.15) is 0 Å². The van der Waals surface area contributed by atoms with Crippen molar-refractivity contribution >= 4 is 53.8 Å². The van der Waals surface area contributed by atoms with Gasteiger partial charge in [-0.1, -0.05) is 35.7 Å². The van der Waals surface area contributed by atoms with Gasteiger partial charge in [-0.25, -0.2) is 4.79 Å². The largest absolute Gasteiger partial charge is 0.462 e. The zero-order valence-electron chi connectivity index (χ0n) is 9.43. The van der Waals surface area contributed by atoms with E-state index in [4.69, 9.17) is 4.74 Å². The van der Waals surface area contributed by atoms with Gasteiger partial charge in [-0.05, 0) is 50.4 Å². The van der Waals surface area contributed by atoms with Crippen molar-refractivity contribution in [1.82, 2.24) is 0 Å². The van der Waals surface area contributed by atoms with E-state index in [1.54, 1.807) is 6.07 Å².